The third-order valence-electron chi connectivity index (χ3n) is 5.00. The predicted octanol–water partition coefficient (Wildman–Crippen LogP) is 3.08. The summed E-state index contributed by atoms with van der Waals surface area (Å²) < 4.78 is 10.7. The van der Waals surface area contributed by atoms with Crippen LogP contribution in [0.4, 0.5) is 5.69 Å². The van der Waals surface area contributed by atoms with E-state index in [1.807, 2.05) is 48.2 Å². The van der Waals surface area contributed by atoms with Gasteiger partial charge in [-0.05, 0) is 18.6 Å². The highest BCUT2D eigenvalue weighted by Gasteiger charge is 2.40. The molecule has 1 aromatic heterocycles. The molecule has 0 unspecified atom stereocenters. The minimum Gasteiger partial charge on any atom is -0.497 e. The Morgan fingerprint density at radius 1 is 1.14 bits per heavy atom. The van der Waals surface area contributed by atoms with Crippen LogP contribution in [0.2, 0.25) is 0 Å². The lowest BCUT2D eigenvalue weighted by molar-refractivity contribution is -0.114. The number of hydrogen-bond donors (Lipinski definition) is 2. The summed E-state index contributed by atoms with van der Waals surface area (Å²) in [4.78, 5) is 22.8. The Labute approximate surface area is 162 Å². The van der Waals surface area contributed by atoms with Crippen molar-refractivity contribution >= 4 is 28.1 Å². The highest BCUT2D eigenvalue weighted by atomic mass is 16.5. The number of anilines is 1. The molecule has 0 saturated carbocycles. The van der Waals surface area contributed by atoms with E-state index in [2.05, 4.69) is 9.97 Å². The summed E-state index contributed by atoms with van der Waals surface area (Å²) in [6.45, 7) is 1.96. The first-order valence-corrected chi connectivity index (χ1v) is 9.08. The molecule has 0 radical (unpaired) electrons. The van der Waals surface area contributed by atoms with Gasteiger partial charge in [-0.25, -0.2) is 4.98 Å². The largest absolute Gasteiger partial charge is 0.497 e. The Bertz CT molecular complexity index is 1030. The zero-order valence-corrected chi connectivity index (χ0v) is 16.0. The molecule has 0 spiro atoms. The first-order chi connectivity index (χ1) is 13.6. The van der Waals surface area contributed by atoms with Crippen LogP contribution in [0.1, 0.15) is 19.2 Å². The summed E-state index contributed by atoms with van der Waals surface area (Å²) in [6.07, 6.45) is 0.600. The quantitative estimate of drug-likeness (QED) is 0.709. The van der Waals surface area contributed by atoms with Crippen LogP contribution in [0.25, 0.3) is 16.6 Å². The molecule has 1 atom stereocenters. The number of ether oxygens (including phenoxy) is 2. The normalized spacial score (nSPS) is 16.9. The highest BCUT2D eigenvalue weighted by molar-refractivity contribution is 6.27. The maximum absolute atomic E-state index is 13.2. The van der Waals surface area contributed by atoms with Gasteiger partial charge in [0.05, 0.1) is 37.0 Å². The zero-order valence-electron chi connectivity index (χ0n) is 16.0. The van der Waals surface area contributed by atoms with Gasteiger partial charge in [-0.15, -0.1) is 0 Å². The van der Waals surface area contributed by atoms with Crippen molar-refractivity contribution in [2.45, 2.75) is 19.4 Å². The van der Waals surface area contributed by atoms with Gasteiger partial charge in [0.2, 0.25) is 0 Å². The lowest BCUT2D eigenvalue weighted by Crippen LogP contribution is -2.36. The number of aromatic nitrogens is 2. The van der Waals surface area contributed by atoms with Gasteiger partial charge in [-0.1, -0.05) is 19.1 Å². The van der Waals surface area contributed by atoms with E-state index in [9.17, 15) is 4.79 Å². The second kappa shape index (κ2) is 6.92. The SMILES string of the molecule is CC[C@@H]1C(=O)C(c2nc3ccccc3[nH]2)=C(N)N1c1cc(OC)cc(OC)c1. The van der Waals surface area contributed by atoms with Crippen molar-refractivity contribution in [1.82, 2.24) is 9.97 Å². The van der Waals surface area contributed by atoms with E-state index in [0.29, 0.717) is 35.1 Å². The third-order valence-corrected chi connectivity index (χ3v) is 5.00. The molecule has 0 fully saturated rings. The second-order valence-electron chi connectivity index (χ2n) is 6.59. The number of imidazole rings is 1. The molecule has 7 nitrogen and oxygen atoms in total. The summed E-state index contributed by atoms with van der Waals surface area (Å²) in [5, 5.41) is 0. The Balaban J connectivity index is 1.86. The van der Waals surface area contributed by atoms with Crippen LogP contribution >= 0.6 is 0 Å². The Morgan fingerprint density at radius 2 is 1.82 bits per heavy atom. The van der Waals surface area contributed by atoms with Gasteiger partial charge in [0.1, 0.15) is 28.7 Å². The van der Waals surface area contributed by atoms with Gasteiger partial charge in [0.25, 0.3) is 0 Å². The molecule has 0 amide bonds. The summed E-state index contributed by atoms with van der Waals surface area (Å²) in [5.74, 6) is 2.05. The van der Waals surface area contributed by atoms with Crippen molar-refractivity contribution < 1.29 is 14.3 Å². The Morgan fingerprint density at radius 3 is 2.43 bits per heavy atom. The summed E-state index contributed by atoms with van der Waals surface area (Å²) >= 11 is 0. The van der Waals surface area contributed by atoms with Crippen LogP contribution in [-0.4, -0.2) is 36.0 Å². The van der Waals surface area contributed by atoms with E-state index in [4.69, 9.17) is 15.2 Å². The number of nitrogens with one attached hydrogen (secondary N) is 1. The first-order valence-electron chi connectivity index (χ1n) is 9.08. The third kappa shape index (κ3) is 2.76. The van der Waals surface area contributed by atoms with Crippen LogP contribution in [0.5, 0.6) is 11.5 Å². The van der Waals surface area contributed by atoms with Crippen molar-refractivity contribution in [2.24, 2.45) is 5.73 Å². The van der Waals surface area contributed by atoms with E-state index >= 15 is 0 Å². The number of rotatable bonds is 5. The predicted molar refractivity (Wildman–Crippen MR) is 108 cm³/mol. The van der Waals surface area contributed by atoms with Crippen molar-refractivity contribution in [2.75, 3.05) is 19.1 Å². The summed E-state index contributed by atoms with van der Waals surface area (Å²) in [7, 11) is 3.17. The fourth-order valence-corrected chi connectivity index (χ4v) is 3.63. The maximum atomic E-state index is 13.2. The number of methoxy groups -OCH3 is 2. The van der Waals surface area contributed by atoms with Gasteiger partial charge in [-0.3, -0.25) is 4.79 Å². The number of hydrogen-bond acceptors (Lipinski definition) is 6. The van der Waals surface area contributed by atoms with Crippen LogP contribution in [0, 0.1) is 0 Å². The zero-order chi connectivity index (χ0) is 19.8. The monoisotopic (exact) mass is 378 g/mol. The number of nitrogens with zero attached hydrogens (tertiary/aromatic N) is 2. The molecule has 4 rings (SSSR count). The van der Waals surface area contributed by atoms with Gasteiger partial charge in [-0.2, -0.15) is 0 Å². The van der Waals surface area contributed by atoms with E-state index in [-0.39, 0.29) is 5.78 Å². The maximum Gasteiger partial charge on any atom is 0.193 e. The Kier molecular flexibility index (Phi) is 4.43. The van der Waals surface area contributed by atoms with Gasteiger partial charge >= 0.3 is 0 Å². The molecule has 0 saturated heterocycles. The summed E-state index contributed by atoms with van der Waals surface area (Å²) in [5.41, 5.74) is 9.29. The molecular weight excluding hydrogens is 356 g/mol. The number of aromatic amines is 1. The van der Waals surface area contributed by atoms with Crippen molar-refractivity contribution in [3.63, 3.8) is 0 Å². The van der Waals surface area contributed by atoms with Crippen LogP contribution < -0.4 is 20.1 Å². The van der Waals surface area contributed by atoms with Crippen LogP contribution in [0.15, 0.2) is 48.3 Å². The minimum absolute atomic E-state index is 0.0548. The van der Waals surface area contributed by atoms with Crippen molar-refractivity contribution in [3.05, 3.63) is 54.1 Å². The number of fused-ring (bicyclic) bond motifs is 1. The number of H-pyrrole nitrogens is 1. The molecule has 7 heteroatoms. The molecular formula is C21H22N4O3. The summed E-state index contributed by atoms with van der Waals surface area (Å²) in [6, 6.07) is 12.7. The van der Waals surface area contributed by atoms with E-state index in [1.54, 1.807) is 20.3 Å². The molecule has 28 heavy (non-hydrogen) atoms. The molecule has 1 aliphatic rings. The molecule has 0 bridgehead atoms. The average molecular weight is 378 g/mol. The fraction of sp³-hybridized carbons (Fsp3) is 0.238. The number of para-hydroxylation sites is 2. The molecule has 2 heterocycles. The van der Waals surface area contributed by atoms with E-state index in [1.165, 1.54) is 0 Å². The fourth-order valence-electron chi connectivity index (χ4n) is 3.63. The molecule has 1 aliphatic heterocycles. The Hall–Kier alpha value is -3.48. The molecule has 3 aromatic rings. The minimum atomic E-state index is -0.417. The second-order valence-corrected chi connectivity index (χ2v) is 6.59. The number of Topliss-reactive ketones (excluding diaryl/α,β-unsaturated/α-hetero) is 1. The van der Waals surface area contributed by atoms with Gasteiger partial charge in [0, 0.05) is 18.2 Å². The molecule has 2 aromatic carbocycles. The first kappa shape index (κ1) is 17.9. The molecule has 0 aliphatic carbocycles. The lowest BCUT2D eigenvalue weighted by atomic mass is 10.1. The van der Waals surface area contributed by atoms with E-state index < -0.39 is 6.04 Å². The average Bonchev–Trinajstić information content (AvgIpc) is 3.24. The number of benzene rings is 2. The number of nitrogens with two attached hydrogens (primary N) is 1. The number of carbonyl (C=O) groups excluding carboxylic acids is 1. The number of ketones is 1. The molecule has 144 valence electrons. The van der Waals surface area contributed by atoms with Crippen LogP contribution in [0.3, 0.4) is 0 Å². The highest BCUT2D eigenvalue weighted by Crippen LogP contribution is 2.38. The topological polar surface area (TPSA) is 93.5 Å². The smallest absolute Gasteiger partial charge is 0.193 e. The van der Waals surface area contributed by atoms with Crippen LogP contribution in [-0.2, 0) is 4.79 Å². The molecule has 3 N–H and O–H groups in total. The van der Waals surface area contributed by atoms with Crippen molar-refractivity contribution in [3.8, 4) is 11.5 Å². The van der Waals surface area contributed by atoms with Gasteiger partial charge < -0.3 is 25.1 Å². The van der Waals surface area contributed by atoms with E-state index in [0.717, 1.165) is 16.7 Å². The van der Waals surface area contributed by atoms with Gasteiger partial charge in [0.15, 0.2) is 5.78 Å². The lowest BCUT2D eigenvalue weighted by Gasteiger charge is -2.26. The standard InChI is InChI=1S/C21H22N4O3/c1-4-17-19(26)18(21-23-15-7-5-6-8-16(15)24-21)20(22)25(17)12-9-13(27-2)11-14(10-12)28-3/h5-11,17H,4,22H2,1-3H3,(H,23,24)/t17-/m1/s1. The van der Waals surface area contributed by atoms with Crippen molar-refractivity contribution in [1.29, 1.82) is 0 Å². The number of carbonyl (C=O) groups is 1.